The Morgan fingerprint density at radius 3 is 2.33 bits per heavy atom. The fourth-order valence-corrected chi connectivity index (χ4v) is 2.54. The number of nitrogens with zero attached hydrogens (tertiary/aromatic N) is 4. The molecule has 1 aromatic heterocycles. The molecule has 0 radical (unpaired) electrons. The van der Waals surface area contributed by atoms with Gasteiger partial charge in [-0.2, -0.15) is 0 Å². The topological polar surface area (TPSA) is 94.5 Å². The van der Waals surface area contributed by atoms with Gasteiger partial charge in [0.1, 0.15) is 5.82 Å². The number of hydrazine groups is 1. The monoisotopic (exact) mass is 367 g/mol. The van der Waals surface area contributed by atoms with Gasteiger partial charge in [-0.25, -0.2) is 29.8 Å². The molecule has 1 aliphatic heterocycles. The fourth-order valence-electron chi connectivity index (χ4n) is 2.54. The Balaban J connectivity index is 1.88. The largest absolute Gasteiger partial charge is 0.301 e. The first-order valence-electron chi connectivity index (χ1n) is 8.12. The normalized spacial score (nSPS) is 15.3. The Labute approximate surface area is 155 Å². The second-order valence-corrected chi connectivity index (χ2v) is 5.57. The summed E-state index contributed by atoms with van der Waals surface area (Å²) in [5, 5.41) is 6.98. The summed E-state index contributed by atoms with van der Waals surface area (Å²) in [5.74, 6) is 4.31. The van der Waals surface area contributed by atoms with Crippen molar-refractivity contribution < 1.29 is 9.18 Å². The van der Waals surface area contributed by atoms with Crippen LogP contribution in [0, 0.1) is 17.7 Å². The minimum Gasteiger partial charge on any atom is -0.275 e. The van der Waals surface area contributed by atoms with Crippen LogP contribution >= 0.6 is 0 Å². The van der Waals surface area contributed by atoms with E-state index in [1.54, 1.807) is 33.3 Å². The van der Waals surface area contributed by atoms with E-state index >= 15 is 0 Å². The van der Waals surface area contributed by atoms with Gasteiger partial charge in [0.05, 0.1) is 5.56 Å². The summed E-state index contributed by atoms with van der Waals surface area (Å²) >= 11 is 0. The van der Waals surface area contributed by atoms with Gasteiger partial charge in [-0.3, -0.25) is 15.4 Å². The highest BCUT2D eigenvalue weighted by Gasteiger charge is 2.47. The number of amidine groups is 1. The van der Waals surface area contributed by atoms with Crippen LogP contribution in [0.4, 0.5) is 4.39 Å². The lowest BCUT2D eigenvalue weighted by atomic mass is 10.2. The van der Waals surface area contributed by atoms with E-state index in [4.69, 9.17) is 0 Å². The van der Waals surface area contributed by atoms with Gasteiger partial charge >= 0.3 is 5.91 Å². The number of likely N-dealkylation sites (N-methyl/N-ethyl adjacent to an activating group) is 2. The van der Waals surface area contributed by atoms with E-state index < -0.39 is 5.79 Å². The first-order valence-corrected chi connectivity index (χ1v) is 8.12. The molecule has 0 spiro atoms. The molecule has 138 valence electrons. The van der Waals surface area contributed by atoms with Crippen molar-refractivity contribution in [1.29, 1.82) is 0 Å². The molecule has 0 fully saturated rings. The van der Waals surface area contributed by atoms with Crippen molar-refractivity contribution in [2.75, 3.05) is 21.1 Å². The summed E-state index contributed by atoms with van der Waals surface area (Å²) in [6, 6.07) is 6.01. The Bertz CT molecular complexity index is 942. The van der Waals surface area contributed by atoms with E-state index in [1.807, 2.05) is 0 Å². The van der Waals surface area contributed by atoms with Gasteiger partial charge in [0.25, 0.3) is 0 Å². The van der Waals surface area contributed by atoms with E-state index in [9.17, 15) is 9.18 Å². The van der Waals surface area contributed by atoms with E-state index in [0.29, 0.717) is 11.1 Å². The van der Waals surface area contributed by atoms with E-state index in [2.05, 4.69) is 42.9 Å². The highest BCUT2D eigenvalue weighted by molar-refractivity contribution is 6.12. The molecule has 1 aromatic carbocycles. The molecule has 2 heterocycles. The third kappa shape index (κ3) is 3.54. The number of carbonyl (C=O) groups is 1. The van der Waals surface area contributed by atoms with Crippen LogP contribution < -0.4 is 16.1 Å². The summed E-state index contributed by atoms with van der Waals surface area (Å²) in [5.41, 5.74) is 3.89. The Hall–Kier alpha value is -3.19. The average Bonchev–Trinajstić information content (AvgIpc) is 2.99. The van der Waals surface area contributed by atoms with Crippen LogP contribution in [0.3, 0.4) is 0 Å². The van der Waals surface area contributed by atoms with Gasteiger partial charge < -0.3 is 0 Å². The molecule has 1 amide bonds. The number of benzene rings is 1. The predicted octanol–water partition coefficient (Wildman–Crippen LogP) is -0.169. The highest BCUT2D eigenvalue weighted by atomic mass is 19.1. The lowest BCUT2D eigenvalue weighted by Gasteiger charge is -2.24. The summed E-state index contributed by atoms with van der Waals surface area (Å²) in [6.07, 6.45) is 3.04. The molecule has 0 bridgehead atoms. The summed E-state index contributed by atoms with van der Waals surface area (Å²) < 4.78 is 13.2. The van der Waals surface area contributed by atoms with Crippen LogP contribution in [-0.2, 0) is 4.79 Å². The maximum atomic E-state index is 13.2. The van der Waals surface area contributed by atoms with Crippen LogP contribution in [-0.4, -0.2) is 53.6 Å². The number of hydrogen-bond acceptors (Lipinski definition) is 7. The standard InChI is InChI=1S/C18H18FN7O/c1-20-18(21-2)17(27)26(22-3)16(25-18)15-23-10-13(11-24-15)8-7-12-5-4-6-14(19)9-12/h4-6,9-11,20-22H,1-3H3. The van der Waals surface area contributed by atoms with Crippen LogP contribution in [0.2, 0.25) is 0 Å². The predicted molar refractivity (Wildman–Crippen MR) is 97.7 cm³/mol. The van der Waals surface area contributed by atoms with Gasteiger partial charge in [0, 0.05) is 25.0 Å². The zero-order chi connectivity index (χ0) is 19.4. The molecule has 1 aliphatic rings. The number of carbonyl (C=O) groups excluding carboxylic acids is 1. The molecule has 0 aliphatic carbocycles. The lowest BCUT2D eigenvalue weighted by Crippen LogP contribution is -2.61. The number of halogens is 1. The van der Waals surface area contributed by atoms with Crippen molar-refractivity contribution in [3.63, 3.8) is 0 Å². The van der Waals surface area contributed by atoms with Crippen molar-refractivity contribution in [3.8, 4) is 11.8 Å². The second kappa shape index (κ2) is 7.59. The molecule has 0 saturated heterocycles. The minimum atomic E-state index is -1.28. The van der Waals surface area contributed by atoms with Gasteiger partial charge in [-0.15, -0.1) is 0 Å². The van der Waals surface area contributed by atoms with Crippen LogP contribution in [0.5, 0.6) is 0 Å². The number of rotatable bonds is 4. The summed E-state index contributed by atoms with van der Waals surface area (Å²) in [7, 11) is 4.86. The average molecular weight is 367 g/mol. The zero-order valence-electron chi connectivity index (χ0n) is 15.0. The first-order chi connectivity index (χ1) is 13.0. The smallest absolute Gasteiger partial charge is 0.275 e. The molecule has 0 unspecified atom stereocenters. The van der Waals surface area contributed by atoms with Crippen molar-refractivity contribution in [2.45, 2.75) is 5.79 Å². The van der Waals surface area contributed by atoms with Gasteiger partial charge in [0.15, 0.2) is 11.7 Å². The third-order valence-corrected chi connectivity index (χ3v) is 3.97. The quantitative estimate of drug-likeness (QED) is 0.513. The van der Waals surface area contributed by atoms with Gasteiger partial charge in [-0.1, -0.05) is 17.9 Å². The number of aromatic nitrogens is 2. The fraction of sp³-hybridized carbons (Fsp3) is 0.222. The van der Waals surface area contributed by atoms with E-state index in [0.717, 1.165) is 0 Å². The van der Waals surface area contributed by atoms with Gasteiger partial charge in [-0.05, 0) is 32.3 Å². The number of amides is 1. The molecule has 0 saturated carbocycles. The second-order valence-electron chi connectivity index (χ2n) is 5.57. The number of aliphatic imine (C=N–C) groups is 1. The zero-order valence-corrected chi connectivity index (χ0v) is 15.0. The Morgan fingerprint density at radius 1 is 1.07 bits per heavy atom. The molecule has 27 heavy (non-hydrogen) atoms. The maximum Gasteiger partial charge on any atom is 0.301 e. The number of nitrogens with one attached hydrogen (secondary N) is 3. The third-order valence-electron chi connectivity index (χ3n) is 3.97. The SMILES string of the molecule is CNN1C(=O)C(NC)(NC)N=C1c1ncc(C#Cc2cccc(F)c2)cn1. The summed E-state index contributed by atoms with van der Waals surface area (Å²) in [6.45, 7) is 0. The minimum absolute atomic E-state index is 0.265. The molecule has 8 nitrogen and oxygen atoms in total. The van der Waals surface area contributed by atoms with Gasteiger partial charge in [0.2, 0.25) is 5.79 Å². The van der Waals surface area contributed by atoms with Crippen LogP contribution in [0.25, 0.3) is 0 Å². The van der Waals surface area contributed by atoms with Crippen molar-refractivity contribution in [1.82, 2.24) is 31.0 Å². The van der Waals surface area contributed by atoms with Crippen LogP contribution in [0.15, 0.2) is 41.7 Å². The van der Waals surface area contributed by atoms with E-state index in [-0.39, 0.29) is 23.4 Å². The lowest BCUT2D eigenvalue weighted by molar-refractivity contribution is -0.135. The van der Waals surface area contributed by atoms with Crippen molar-refractivity contribution >= 4 is 11.7 Å². The first kappa shape index (κ1) is 18.6. The Kier molecular flexibility index (Phi) is 5.23. The van der Waals surface area contributed by atoms with E-state index in [1.165, 1.54) is 29.5 Å². The van der Waals surface area contributed by atoms with Crippen molar-refractivity contribution in [3.05, 3.63) is 59.4 Å². The Morgan fingerprint density at radius 2 is 1.74 bits per heavy atom. The molecule has 9 heteroatoms. The molecule has 2 aromatic rings. The highest BCUT2D eigenvalue weighted by Crippen LogP contribution is 2.18. The molecular weight excluding hydrogens is 349 g/mol. The number of hydrogen-bond donors (Lipinski definition) is 3. The van der Waals surface area contributed by atoms with Crippen molar-refractivity contribution in [2.24, 2.45) is 4.99 Å². The van der Waals surface area contributed by atoms with Crippen LogP contribution in [0.1, 0.15) is 17.0 Å². The molecule has 3 N–H and O–H groups in total. The maximum absolute atomic E-state index is 13.2. The summed E-state index contributed by atoms with van der Waals surface area (Å²) in [4.78, 5) is 25.5. The molecule has 3 rings (SSSR count). The molecule has 0 atom stereocenters. The molecular formula is C18H18FN7O.